The average molecular weight is 291 g/mol. The summed E-state index contributed by atoms with van der Waals surface area (Å²) in [5, 5.41) is 0. The largest absolute Gasteiger partial charge is 0.399 e. The fourth-order valence-corrected chi connectivity index (χ4v) is 2.57. The minimum atomic E-state index is -0.705. The van der Waals surface area contributed by atoms with Crippen molar-refractivity contribution in [3.05, 3.63) is 24.3 Å². The minimum absolute atomic E-state index is 0.0875. The van der Waals surface area contributed by atoms with Gasteiger partial charge in [-0.25, -0.2) is 0 Å². The van der Waals surface area contributed by atoms with Crippen LogP contribution < -0.4 is 10.6 Å². The zero-order valence-corrected chi connectivity index (χ0v) is 13.1. The zero-order chi connectivity index (χ0) is 15.5. The summed E-state index contributed by atoms with van der Waals surface area (Å²) in [6.45, 7) is 6.95. The van der Waals surface area contributed by atoms with Gasteiger partial charge in [0.1, 0.15) is 5.60 Å². The third-order valence-electron chi connectivity index (χ3n) is 4.40. The number of amides is 1. The molecule has 21 heavy (non-hydrogen) atoms. The van der Waals surface area contributed by atoms with E-state index in [9.17, 15) is 4.79 Å². The van der Waals surface area contributed by atoms with E-state index >= 15 is 0 Å². The van der Waals surface area contributed by atoms with Gasteiger partial charge in [-0.3, -0.25) is 4.79 Å². The third kappa shape index (κ3) is 3.29. The second-order valence-corrected chi connectivity index (χ2v) is 5.66. The molecule has 0 aliphatic carbocycles. The van der Waals surface area contributed by atoms with Crippen molar-refractivity contribution in [3.8, 4) is 0 Å². The van der Waals surface area contributed by atoms with Crippen LogP contribution in [0.2, 0.25) is 0 Å². The lowest BCUT2D eigenvalue weighted by Gasteiger charge is -2.39. The number of rotatable bonds is 4. The first-order valence-corrected chi connectivity index (χ1v) is 7.45. The van der Waals surface area contributed by atoms with E-state index in [1.54, 1.807) is 7.11 Å². The van der Waals surface area contributed by atoms with Gasteiger partial charge in [-0.15, -0.1) is 0 Å². The van der Waals surface area contributed by atoms with Crippen molar-refractivity contribution in [1.29, 1.82) is 0 Å². The number of nitrogen functional groups attached to an aromatic ring is 1. The Morgan fingerprint density at radius 3 is 2.29 bits per heavy atom. The topological polar surface area (TPSA) is 58.8 Å². The molecule has 5 nitrogen and oxygen atoms in total. The number of hydrogen-bond donors (Lipinski definition) is 1. The molecule has 0 spiro atoms. The first-order valence-electron chi connectivity index (χ1n) is 7.45. The molecule has 1 fully saturated rings. The Balaban J connectivity index is 1.97. The highest BCUT2D eigenvalue weighted by Gasteiger charge is 2.36. The van der Waals surface area contributed by atoms with E-state index in [-0.39, 0.29) is 5.91 Å². The average Bonchev–Trinajstić information content (AvgIpc) is 2.54. The van der Waals surface area contributed by atoms with E-state index in [4.69, 9.17) is 10.5 Å². The molecule has 1 saturated heterocycles. The van der Waals surface area contributed by atoms with Gasteiger partial charge in [0.05, 0.1) is 0 Å². The van der Waals surface area contributed by atoms with E-state index in [1.165, 1.54) is 0 Å². The molecule has 116 valence electrons. The maximum Gasteiger partial charge on any atom is 0.254 e. The van der Waals surface area contributed by atoms with Crippen LogP contribution in [0.25, 0.3) is 0 Å². The first-order chi connectivity index (χ1) is 10.00. The van der Waals surface area contributed by atoms with Crippen LogP contribution in [-0.2, 0) is 9.53 Å². The number of anilines is 2. The number of carbonyl (C=O) groups is 1. The highest BCUT2D eigenvalue weighted by Crippen LogP contribution is 2.22. The number of ether oxygens (including phenoxy) is 1. The number of benzene rings is 1. The second-order valence-electron chi connectivity index (χ2n) is 5.66. The summed E-state index contributed by atoms with van der Waals surface area (Å²) < 4.78 is 5.41. The van der Waals surface area contributed by atoms with Crippen molar-refractivity contribution in [2.45, 2.75) is 25.9 Å². The normalized spacial score (nSPS) is 18.4. The summed E-state index contributed by atoms with van der Waals surface area (Å²) >= 11 is 0. The Morgan fingerprint density at radius 2 is 1.81 bits per heavy atom. The monoisotopic (exact) mass is 291 g/mol. The van der Waals surface area contributed by atoms with Gasteiger partial charge in [-0.1, -0.05) is 6.92 Å². The lowest BCUT2D eigenvalue weighted by Crippen LogP contribution is -2.55. The highest BCUT2D eigenvalue weighted by atomic mass is 16.5. The molecular weight excluding hydrogens is 266 g/mol. The Morgan fingerprint density at radius 1 is 1.24 bits per heavy atom. The fraction of sp³-hybridized carbons (Fsp3) is 0.562. The van der Waals surface area contributed by atoms with Gasteiger partial charge in [-0.05, 0) is 37.6 Å². The molecule has 1 aliphatic rings. The van der Waals surface area contributed by atoms with Gasteiger partial charge in [0, 0.05) is 44.7 Å². The molecule has 1 heterocycles. The number of piperazine rings is 1. The molecule has 0 radical (unpaired) electrons. The summed E-state index contributed by atoms with van der Waals surface area (Å²) in [5.41, 5.74) is 6.93. The van der Waals surface area contributed by atoms with Crippen LogP contribution in [0.5, 0.6) is 0 Å². The lowest BCUT2D eigenvalue weighted by atomic mass is 10.0. The molecule has 1 unspecified atom stereocenters. The number of methoxy groups -OCH3 is 1. The predicted molar refractivity (Wildman–Crippen MR) is 85.4 cm³/mol. The molecule has 5 heteroatoms. The number of nitrogens with zero attached hydrogens (tertiary/aromatic N) is 2. The van der Waals surface area contributed by atoms with Crippen LogP contribution >= 0.6 is 0 Å². The van der Waals surface area contributed by atoms with Crippen molar-refractivity contribution in [1.82, 2.24) is 4.90 Å². The molecular formula is C16H25N3O2. The lowest BCUT2D eigenvalue weighted by molar-refractivity contribution is -0.153. The Kier molecular flexibility index (Phi) is 4.73. The third-order valence-corrected chi connectivity index (χ3v) is 4.40. The van der Waals surface area contributed by atoms with Crippen molar-refractivity contribution < 1.29 is 9.53 Å². The molecule has 1 aromatic carbocycles. The van der Waals surface area contributed by atoms with Crippen LogP contribution in [0.4, 0.5) is 11.4 Å². The minimum Gasteiger partial charge on any atom is -0.399 e. The van der Waals surface area contributed by atoms with Crippen LogP contribution in [0.1, 0.15) is 20.3 Å². The standard InChI is InChI=1S/C16H25N3O2/c1-4-16(2,21-3)15(20)19-11-9-18(10-12-19)14-7-5-13(17)6-8-14/h5-8H,4,9-12,17H2,1-3H3. The van der Waals surface area contributed by atoms with Gasteiger partial charge in [-0.2, -0.15) is 0 Å². The van der Waals surface area contributed by atoms with Gasteiger partial charge in [0.15, 0.2) is 0 Å². The second kappa shape index (κ2) is 6.35. The molecule has 0 aromatic heterocycles. The predicted octanol–water partition coefficient (Wildman–Crippen LogP) is 1.73. The Hall–Kier alpha value is -1.75. The van der Waals surface area contributed by atoms with Gasteiger partial charge in [0.2, 0.25) is 0 Å². The zero-order valence-electron chi connectivity index (χ0n) is 13.1. The van der Waals surface area contributed by atoms with Crippen molar-refractivity contribution in [2.75, 3.05) is 43.9 Å². The fourth-order valence-electron chi connectivity index (χ4n) is 2.57. The molecule has 0 saturated carbocycles. The molecule has 2 N–H and O–H groups in total. The first kappa shape index (κ1) is 15.6. The number of nitrogens with two attached hydrogens (primary N) is 1. The summed E-state index contributed by atoms with van der Waals surface area (Å²) in [6.07, 6.45) is 0.681. The highest BCUT2D eigenvalue weighted by molar-refractivity contribution is 5.85. The van der Waals surface area contributed by atoms with Crippen LogP contribution in [0.3, 0.4) is 0 Å². The molecule has 2 rings (SSSR count). The molecule has 1 aromatic rings. The molecule has 1 amide bonds. The molecule has 1 aliphatic heterocycles. The maximum absolute atomic E-state index is 12.5. The summed E-state index contributed by atoms with van der Waals surface area (Å²) in [6, 6.07) is 7.87. The summed E-state index contributed by atoms with van der Waals surface area (Å²) in [7, 11) is 1.60. The number of carbonyl (C=O) groups excluding carboxylic acids is 1. The van der Waals surface area contributed by atoms with E-state index in [2.05, 4.69) is 4.90 Å². The molecule has 1 atom stereocenters. The van der Waals surface area contributed by atoms with Gasteiger partial charge in [0.25, 0.3) is 5.91 Å². The maximum atomic E-state index is 12.5. The van der Waals surface area contributed by atoms with E-state index in [1.807, 2.05) is 43.0 Å². The van der Waals surface area contributed by atoms with Crippen molar-refractivity contribution >= 4 is 17.3 Å². The smallest absolute Gasteiger partial charge is 0.254 e. The van der Waals surface area contributed by atoms with Crippen molar-refractivity contribution in [2.24, 2.45) is 0 Å². The van der Waals surface area contributed by atoms with Gasteiger partial charge < -0.3 is 20.3 Å². The van der Waals surface area contributed by atoms with Crippen molar-refractivity contribution in [3.63, 3.8) is 0 Å². The SMILES string of the molecule is CCC(C)(OC)C(=O)N1CCN(c2ccc(N)cc2)CC1. The van der Waals surface area contributed by atoms with E-state index in [0.29, 0.717) is 6.42 Å². The van der Waals surface area contributed by atoms with E-state index in [0.717, 1.165) is 37.6 Å². The number of hydrogen-bond acceptors (Lipinski definition) is 4. The van der Waals surface area contributed by atoms with Crippen LogP contribution in [0, 0.1) is 0 Å². The Bertz CT molecular complexity index is 475. The van der Waals surface area contributed by atoms with E-state index < -0.39 is 5.60 Å². The Labute approximate surface area is 126 Å². The summed E-state index contributed by atoms with van der Waals surface area (Å²) in [4.78, 5) is 16.7. The quantitative estimate of drug-likeness (QED) is 0.858. The van der Waals surface area contributed by atoms with Crippen LogP contribution in [-0.4, -0.2) is 49.7 Å². The van der Waals surface area contributed by atoms with Crippen LogP contribution in [0.15, 0.2) is 24.3 Å². The molecule has 0 bridgehead atoms. The van der Waals surface area contributed by atoms with Gasteiger partial charge >= 0.3 is 0 Å². The summed E-state index contributed by atoms with van der Waals surface area (Å²) in [5.74, 6) is 0.0875.